The summed E-state index contributed by atoms with van der Waals surface area (Å²) < 4.78 is 0. The van der Waals surface area contributed by atoms with E-state index < -0.39 is 0 Å². The van der Waals surface area contributed by atoms with Gasteiger partial charge in [-0.15, -0.1) is 11.5 Å². The molecular weight excluding hydrogens is 421 g/mol. The molecule has 0 aliphatic heterocycles. The summed E-state index contributed by atoms with van der Waals surface area (Å²) in [4.78, 5) is 0. The van der Waals surface area contributed by atoms with E-state index in [9.17, 15) is 20.4 Å². The van der Waals surface area contributed by atoms with Crippen LogP contribution in [0.2, 0.25) is 0 Å². The molecule has 4 aromatic carbocycles. The van der Waals surface area contributed by atoms with Crippen LogP contribution in [0, 0.1) is 0 Å². The van der Waals surface area contributed by atoms with Crippen molar-refractivity contribution < 1.29 is 112 Å². The zero-order valence-electron chi connectivity index (χ0n) is 18.9. The number of phenolic OH excluding ortho intramolecular Hbond substituents is 2. The smallest absolute Gasteiger partial charge is 1.00 e. The quantitative estimate of drug-likeness (QED) is 0.307. The van der Waals surface area contributed by atoms with Crippen LogP contribution in [0.5, 0.6) is 23.0 Å². The molecule has 31 heavy (non-hydrogen) atoms. The van der Waals surface area contributed by atoms with Crippen molar-refractivity contribution in [3.8, 4) is 45.3 Å². The van der Waals surface area contributed by atoms with Gasteiger partial charge in [0.15, 0.2) is 0 Å². The fourth-order valence-electron chi connectivity index (χ4n) is 2.78. The molecule has 0 fully saturated rings. The summed E-state index contributed by atoms with van der Waals surface area (Å²) in [6.07, 6.45) is 0. The van der Waals surface area contributed by atoms with E-state index in [-0.39, 0.29) is 115 Å². The molecule has 0 heterocycles. The van der Waals surface area contributed by atoms with Crippen LogP contribution in [0.1, 0.15) is 2.85 Å². The van der Waals surface area contributed by atoms with Crippen LogP contribution in [0.3, 0.4) is 0 Å². The third-order valence-corrected chi connectivity index (χ3v) is 4.16. The fraction of sp³-hybridized carbons (Fsp3) is 0. The summed E-state index contributed by atoms with van der Waals surface area (Å²) in [6, 6.07) is 27.0. The van der Waals surface area contributed by atoms with Gasteiger partial charge in [0.25, 0.3) is 0 Å². The molecule has 0 aromatic heterocycles. The average Bonchev–Trinajstić information content (AvgIpc) is 2.71. The molecular formula is C24H21Na3O4. The minimum Gasteiger partial charge on any atom is -1.00 e. The summed E-state index contributed by atoms with van der Waals surface area (Å²) in [5, 5.41) is 42.0. The summed E-state index contributed by atoms with van der Waals surface area (Å²) in [5.74, 6) is 0.120. The van der Waals surface area contributed by atoms with E-state index in [4.69, 9.17) is 0 Å². The summed E-state index contributed by atoms with van der Waals surface area (Å²) >= 11 is 0. The van der Waals surface area contributed by atoms with Gasteiger partial charge in [0.1, 0.15) is 11.5 Å². The van der Waals surface area contributed by atoms with E-state index in [0.717, 1.165) is 0 Å². The molecule has 144 valence electrons. The SMILES string of the molecule is Oc1ccccc1-c1ccccc1O.[H-].[HH].[Na+].[Na+].[Na+].[O-]c1ccccc1-c1ccccc1[O-]. The average molecular weight is 442 g/mol. The maximum Gasteiger partial charge on any atom is 1.00 e. The van der Waals surface area contributed by atoms with Crippen LogP contribution < -0.4 is 98.9 Å². The van der Waals surface area contributed by atoms with Gasteiger partial charge >= 0.3 is 88.7 Å². The summed E-state index contributed by atoms with van der Waals surface area (Å²) in [6.45, 7) is 0. The largest absolute Gasteiger partial charge is 1.00 e. The first-order valence-electron chi connectivity index (χ1n) is 8.66. The van der Waals surface area contributed by atoms with E-state index >= 15 is 0 Å². The minimum absolute atomic E-state index is 0. The maximum atomic E-state index is 11.4. The first kappa shape index (κ1) is 30.1. The Kier molecular flexibility index (Phi) is 14.6. The van der Waals surface area contributed by atoms with E-state index in [0.29, 0.717) is 22.3 Å². The van der Waals surface area contributed by atoms with Crippen LogP contribution >= 0.6 is 0 Å². The van der Waals surface area contributed by atoms with Crippen molar-refractivity contribution in [2.24, 2.45) is 0 Å². The van der Waals surface area contributed by atoms with E-state index in [1.54, 1.807) is 72.8 Å². The number of para-hydroxylation sites is 4. The topological polar surface area (TPSA) is 86.6 Å². The molecule has 0 bridgehead atoms. The van der Waals surface area contributed by atoms with Gasteiger partial charge < -0.3 is 21.9 Å². The van der Waals surface area contributed by atoms with Crippen LogP contribution in [0.25, 0.3) is 22.3 Å². The Labute approximate surface area is 251 Å². The number of hydrogen-bond donors (Lipinski definition) is 2. The minimum atomic E-state index is -0.115. The third kappa shape index (κ3) is 8.17. The predicted molar refractivity (Wildman–Crippen MR) is 109 cm³/mol. The van der Waals surface area contributed by atoms with Gasteiger partial charge in [-0.1, -0.05) is 84.9 Å². The van der Waals surface area contributed by atoms with Gasteiger partial charge in [-0.25, -0.2) is 0 Å². The van der Waals surface area contributed by atoms with Crippen molar-refractivity contribution in [3.05, 3.63) is 97.1 Å². The molecule has 0 saturated carbocycles. The van der Waals surface area contributed by atoms with Gasteiger partial charge in [0.2, 0.25) is 0 Å². The van der Waals surface area contributed by atoms with Crippen LogP contribution in [0.4, 0.5) is 0 Å². The molecule has 0 radical (unpaired) electrons. The van der Waals surface area contributed by atoms with E-state index in [2.05, 4.69) is 0 Å². The van der Waals surface area contributed by atoms with Crippen molar-refractivity contribution in [3.63, 3.8) is 0 Å². The molecule has 0 spiro atoms. The molecule has 0 unspecified atom stereocenters. The molecule has 2 N–H and O–H groups in total. The third-order valence-electron chi connectivity index (χ3n) is 4.16. The normalized spacial score (nSPS) is 9.03. The Bertz CT molecular complexity index is 924. The Morgan fingerprint density at radius 2 is 0.710 bits per heavy atom. The van der Waals surface area contributed by atoms with E-state index in [1.807, 2.05) is 12.1 Å². The van der Waals surface area contributed by atoms with Gasteiger partial charge in [-0.3, -0.25) is 0 Å². The molecule has 0 aliphatic carbocycles. The molecule has 4 rings (SSSR count). The van der Waals surface area contributed by atoms with Crippen molar-refractivity contribution in [1.29, 1.82) is 0 Å². The van der Waals surface area contributed by atoms with Crippen LogP contribution in [-0.4, -0.2) is 10.2 Å². The van der Waals surface area contributed by atoms with Crippen molar-refractivity contribution >= 4 is 0 Å². The number of benzene rings is 4. The van der Waals surface area contributed by atoms with Gasteiger partial charge in [-0.05, 0) is 23.3 Å². The molecule has 0 atom stereocenters. The number of hydrogen-bond acceptors (Lipinski definition) is 4. The number of phenols is 2. The zero-order valence-corrected chi connectivity index (χ0v) is 23.9. The van der Waals surface area contributed by atoms with Crippen LogP contribution in [0.15, 0.2) is 97.1 Å². The summed E-state index contributed by atoms with van der Waals surface area (Å²) in [5.41, 5.74) is 2.23. The monoisotopic (exact) mass is 442 g/mol. The van der Waals surface area contributed by atoms with Crippen molar-refractivity contribution in [2.75, 3.05) is 0 Å². The standard InChI is InChI=1S/2C12H10O2.3Na.H2.H/c2*13-11-7-3-1-5-9(11)10-6-2-4-8-12(10)14;;;;;/h2*1-8,13-14H;;;;1H;/q;;3*+1;;-1/p-2. The molecule has 0 aliphatic rings. The first-order valence-corrected chi connectivity index (χ1v) is 8.66. The van der Waals surface area contributed by atoms with Gasteiger partial charge in [-0.2, -0.15) is 0 Å². The number of aromatic hydroxyl groups is 2. The zero-order chi connectivity index (χ0) is 19.9. The van der Waals surface area contributed by atoms with Crippen molar-refractivity contribution in [2.45, 2.75) is 0 Å². The molecule has 0 saturated heterocycles. The second-order valence-corrected chi connectivity index (χ2v) is 6.03. The molecule has 4 nitrogen and oxygen atoms in total. The summed E-state index contributed by atoms with van der Waals surface area (Å²) in [7, 11) is 0. The Hall–Kier alpha value is -0.920. The first-order chi connectivity index (χ1) is 13.6. The second-order valence-electron chi connectivity index (χ2n) is 6.03. The number of rotatable bonds is 2. The van der Waals surface area contributed by atoms with E-state index in [1.165, 1.54) is 12.1 Å². The molecule has 7 heteroatoms. The Morgan fingerprint density at radius 1 is 0.452 bits per heavy atom. The van der Waals surface area contributed by atoms with Gasteiger partial charge in [0, 0.05) is 12.6 Å². The predicted octanol–water partition coefficient (Wildman–Crippen LogP) is -4.36. The second kappa shape index (κ2) is 15.0. The van der Waals surface area contributed by atoms with Crippen LogP contribution in [-0.2, 0) is 0 Å². The van der Waals surface area contributed by atoms with Crippen molar-refractivity contribution in [1.82, 2.24) is 0 Å². The maximum absolute atomic E-state index is 11.4. The Balaban J connectivity index is -0.000000474. The Morgan fingerprint density at radius 3 is 1.00 bits per heavy atom. The fourth-order valence-corrected chi connectivity index (χ4v) is 2.78. The molecule has 4 aromatic rings. The molecule has 0 amide bonds. The van der Waals surface area contributed by atoms with Gasteiger partial charge in [0.05, 0.1) is 0 Å².